The number of aromatic nitrogens is 3. The Morgan fingerprint density at radius 2 is 1.93 bits per heavy atom. The quantitative estimate of drug-likeness (QED) is 0.665. The molecule has 0 unspecified atom stereocenters. The summed E-state index contributed by atoms with van der Waals surface area (Å²) in [7, 11) is 3.27. The number of ether oxygens (including phenoxy) is 2. The van der Waals surface area contributed by atoms with Gasteiger partial charge in [0.25, 0.3) is 0 Å². The average Bonchev–Trinajstić information content (AvgIpc) is 2.58. The minimum atomic E-state index is 0.348. The topological polar surface area (TPSA) is 49.2 Å². The van der Waals surface area contributed by atoms with Gasteiger partial charge in [0, 0.05) is 20.8 Å². The largest absolute Gasteiger partial charge is 0.383 e. The highest BCUT2D eigenvalue weighted by atomic mass is 35.5. The summed E-state index contributed by atoms with van der Waals surface area (Å²) in [6.07, 6.45) is 0. The Bertz CT molecular complexity index is 278. The fourth-order valence-corrected chi connectivity index (χ4v) is 1.35. The van der Waals surface area contributed by atoms with Crippen LogP contribution in [0.2, 0.25) is 0 Å². The molecule has 1 heterocycles. The maximum absolute atomic E-state index is 5.72. The molecule has 0 fully saturated rings. The minimum Gasteiger partial charge on any atom is -0.383 e. The fraction of sp³-hybridized carbons (Fsp3) is 0.750. The predicted molar refractivity (Wildman–Crippen MR) is 52.2 cm³/mol. The average molecular weight is 220 g/mol. The maximum Gasteiger partial charge on any atom is 0.159 e. The normalized spacial score (nSPS) is 10.8. The zero-order valence-electron chi connectivity index (χ0n) is 8.36. The lowest BCUT2D eigenvalue weighted by Gasteiger charge is -2.07. The van der Waals surface area contributed by atoms with E-state index in [1.54, 1.807) is 14.2 Å². The van der Waals surface area contributed by atoms with E-state index >= 15 is 0 Å². The van der Waals surface area contributed by atoms with Crippen LogP contribution in [0.4, 0.5) is 0 Å². The summed E-state index contributed by atoms with van der Waals surface area (Å²) in [5, 5.41) is 7.93. The number of rotatable bonds is 6. The molecule has 0 aliphatic carbocycles. The molecule has 80 valence electrons. The van der Waals surface area contributed by atoms with Crippen LogP contribution in [0.3, 0.4) is 0 Å². The van der Waals surface area contributed by atoms with Crippen molar-refractivity contribution in [3.63, 3.8) is 0 Å². The molecule has 1 rings (SSSR count). The molecule has 0 radical (unpaired) electrons. The summed E-state index contributed by atoms with van der Waals surface area (Å²) in [6, 6.07) is 0. The molecule has 1 aromatic rings. The Balaban J connectivity index is 2.76. The highest BCUT2D eigenvalue weighted by Crippen LogP contribution is 2.06. The molecule has 0 bridgehead atoms. The zero-order chi connectivity index (χ0) is 10.4. The molecule has 0 spiro atoms. The van der Waals surface area contributed by atoms with E-state index < -0.39 is 0 Å². The lowest BCUT2D eigenvalue weighted by atomic mass is 10.5. The first-order valence-corrected chi connectivity index (χ1v) is 4.81. The Hall–Kier alpha value is -0.650. The van der Waals surface area contributed by atoms with Gasteiger partial charge >= 0.3 is 0 Å². The SMILES string of the molecule is COCCn1c(CCl)nnc1COC. The molecule has 14 heavy (non-hydrogen) atoms. The smallest absolute Gasteiger partial charge is 0.159 e. The van der Waals surface area contributed by atoms with Crippen molar-refractivity contribution in [2.24, 2.45) is 0 Å². The van der Waals surface area contributed by atoms with Gasteiger partial charge in [-0.2, -0.15) is 0 Å². The Morgan fingerprint density at radius 1 is 1.21 bits per heavy atom. The molecule has 0 saturated heterocycles. The molecule has 0 atom stereocenters. The van der Waals surface area contributed by atoms with E-state index in [2.05, 4.69) is 10.2 Å². The number of alkyl halides is 1. The summed E-state index contributed by atoms with van der Waals surface area (Å²) in [4.78, 5) is 0. The van der Waals surface area contributed by atoms with E-state index in [1.807, 2.05) is 4.57 Å². The third kappa shape index (κ3) is 2.67. The van der Waals surface area contributed by atoms with Crippen molar-refractivity contribution in [3.05, 3.63) is 11.6 Å². The van der Waals surface area contributed by atoms with Gasteiger partial charge in [-0.3, -0.25) is 0 Å². The fourth-order valence-electron chi connectivity index (χ4n) is 1.15. The Kier molecular flexibility index (Phi) is 4.86. The summed E-state index contributed by atoms with van der Waals surface area (Å²) in [5.74, 6) is 1.87. The highest BCUT2D eigenvalue weighted by Gasteiger charge is 2.09. The third-order valence-corrected chi connectivity index (χ3v) is 2.06. The van der Waals surface area contributed by atoms with E-state index in [-0.39, 0.29) is 0 Å². The van der Waals surface area contributed by atoms with E-state index in [4.69, 9.17) is 21.1 Å². The lowest BCUT2D eigenvalue weighted by Crippen LogP contribution is -2.11. The van der Waals surface area contributed by atoms with Crippen LogP contribution in [0.25, 0.3) is 0 Å². The molecular formula is C8H14ClN3O2. The molecule has 0 saturated carbocycles. The van der Waals surface area contributed by atoms with Crippen molar-refractivity contribution < 1.29 is 9.47 Å². The van der Waals surface area contributed by atoms with Gasteiger partial charge in [-0.25, -0.2) is 0 Å². The first kappa shape index (κ1) is 11.4. The second-order valence-corrected chi connectivity index (χ2v) is 3.01. The Morgan fingerprint density at radius 3 is 2.50 bits per heavy atom. The van der Waals surface area contributed by atoms with Crippen LogP contribution < -0.4 is 0 Å². The minimum absolute atomic E-state index is 0.348. The number of hydrogen-bond donors (Lipinski definition) is 0. The van der Waals surface area contributed by atoms with Crippen LogP contribution in [-0.4, -0.2) is 35.6 Å². The molecule has 0 N–H and O–H groups in total. The van der Waals surface area contributed by atoms with Crippen LogP contribution in [0.1, 0.15) is 11.6 Å². The molecule has 0 aliphatic rings. The molecule has 0 amide bonds. The van der Waals surface area contributed by atoms with Crippen LogP contribution >= 0.6 is 11.6 Å². The van der Waals surface area contributed by atoms with Crippen molar-refractivity contribution in [1.29, 1.82) is 0 Å². The van der Waals surface area contributed by atoms with E-state index in [1.165, 1.54) is 0 Å². The number of hydrogen-bond acceptors (Lipinski definition) is 4. The molecular weight excluding hydrogens is 206 g/mol. The van der Waals surface area contributed by atoms with E-state index in [0.29, 0.717) is 25.6 Å². The third-order valence-electron chi connectivity index (χ3n) is 1.82. The number of methoxy groups -OCH3 is 2. The standard InChI is InChI=1S/C8H14ClN3O2/c1-13-4-3-12-7(5-9)10-11-8(12)6-14-2/h3-6H2,1-2H3. The van der Waals surface area contributed by atoms with Gasteiger partial charge in [0.2, 0.25) is 0 Å². The second-order valence-electron chi connectivity index (χ2n) is 2.74. The monoisotopic (exact) mass is 219 g/mol. The summed E-state index contributed by atoms with van der Waals surface area (Å²) in [6.45, 7) is 1.75. The van der Waals surface area contributed by atoms with Gasteiger partial charge in [0.05, 0.1) is 12.5 Å². The maximum atomic E-state index is 5.72. The van der Waals surface area contributed by atoms with Crippen molar-refractivity contribution in [2.75, 3.05) is 20.8 Å². The van der Waals surface area contributed by atoms with Crippen molar-refractivity contribution in [3.8, 4) is 0 Å². The van der Waals surface area contributed by atoms with E-state index in [9.17, 15) is 0 Å². The first-order chi connectivity index (χ1) is 6.83. The summed E-state index contributed by atoms with van der Waals surface area (Å²) in [5.41, 5.74) is 0. The summed E-state index contributed by atoms with van der Waals surface area (Å²) < 4.78 is 11.9. The summed E-state index contributed by atoms with van der Waals surface area (Å²) >= 11 is 5.72. The molecule has 5 nitrogen and oxygen atoms in total. The predicted octanol–water partition coefficient (Wildman–Crippen LogP) is 0.810. The van der Waals surface area contributed by atoms with Gasteiger partial charge in [0.1, 0.15) is 12.4 Å². The van der Waals surface area contributed by atoms with E-state index in [0.717, 1.165) is 11.6 Å². The van der Waals surface area contributed by atoms with Crippen LogP contribution in [-0.2, 0) is 28.5 Å². The van der Waals surface area contributed by atoms with Crippen molar-refractivity contribution >= 4 is 11.6 Å². The van der Waals surface area contributed by atoms with Crippen LogP contribution in [0, 0.1) is 0 Å². The van der Waals surface area contributed by atoms with Crippen LogP contribution in [0.15, 0.2) is 0 Å². The number of nitrogens with zero attached hydrogens (tertiary/aromatic N) is 3. The molecule has 1 aromatic heterocycles. The van der Waals surface area contributed by atoms with Crippen LogP contribution in [0.5, 0.6) is 0 Å². The zero-order valence-corrected chi connectivity index (χ0v) is 9.12. The lowest BCUT2D eigenvalue weighted by molar-refractivity contribution is 0.162. The van der Waals surface area contributed by atoms with Gasteiger partial charge in [-0.1, -0.05) is 0 Å². The first-order valence-electron chi connectivity index (χ1n) is 4.28. The van der Waals surface area contributed by atoms with Crippen molar-refractivity contribution in [2.45, 2.75) is 19.0 Å². The number of halogens is 1. The van der Waals surface area contributed by atoms with Gasteiger partial charge in [0.15, 0.2) is 5.82 Å². The highest BCUT2D eigenvalue weighted by molar-refractivity contribution is 6.16. The molecule has 6 heteroatoms. The Labute approximate surface area is 88.0 Å². The van der Waals surface area contributed by atoms with Gasteiger partial charge in [-0.05, 0) is 0 Å². The second kappa shape index (κ2) is 5.95. The van der Waals surface area contributed by atoms with Gasteiger partial charge in [-0.15, -0.1) is 21.8 Å². The molecule has 0 aliphatic heterocycles. The van der Waals surface area contributed by atoms with Gasteiger partial charge < -0.3 is 14.0 Å². The van der Waals surface area contributed by atoms with Crippen molar-refractivity contribution in [1.82, 2.24) is 14.8 Å². The molecule has 0 aromatic carbocycles.